The maximum absolute atomic E-state index is 5.87. The van der Waals surface area contributed by atoms with Crippen molar-refractivity contribution in [1.29, 1.82) is 0 Å². The molecule has 27 heavy (non-hydrogen) atoms. The Morgan fingerprint density at radius 3 is 2.74 bits per heavy atom. The summed E-state index contributed by atoms with van der Waals surface area (Å²) < 4.78 is 11.6. The van der Waals surface area contributed by atoms with E-state index < -0.39 is 0 Å². The Balaban J connectivity index is 1.81. The first kappa shape index (κ1) is 16.0. The van der Waals surface area contributed by atoms with Crippen molar-refractivity contribution in [2.24, 2.45) is 0 Å². The number of fused-ring (bicyclic) bond motifs is 1. The number of nitrogens with one attached hydrogen (secondary N) is 1. The smallest absolute Gasteiger partial charge is 0.231 e. The van der Waals surface area contributed by atoms with Crippen LogP contribution in [-0.4, -0.2) is 53.1 Å². The van der Waals surface area contributed by atoms with Crippen molar-refractivity contribution in [3.8, 4) is 34.0 Å². The molecular formula is C19H18N6O2. The van der Waals surface area contributed by atoms with Crippen LogP contribution in [0.1, 0.15) is 0 Å². The molecule has 8 nitrogen and oxygen atoms in total. The largest absolute Gasteiger partial charge is 0.453 e. The maximum atomic E-state index is 5.87. The average Bonchev–Trinajstić information content (AvgIpc) is 3.23. The second-order valence-electron chi connectivity index (χ2n) is 6.32. The Morgan fingerprint density at radius 2 is 1.96 bits per heavy atom. The lowest BCUT2D eigenvalue weighted by Gasteiger charge is -2.32. The first-order valence-corrected chi connectivity index (χ1v) is 8.88. The topological polar surface area (TPSA) is 85.3 Å². The van der Waals surface area contributed by atoms with Crippen LogP contribution in [0.25, 0.3) is 22.5 Å². The normalized spacial score (nSPS) is 15.8. The van der Waals surface area contributed by atoms with E-state index in [0.717, 1.165) is 65.9 Å². The molecule has 1 fully saturated rings. The summed E-state index contributed by atoms with van der Waals surface area (Å²) in [4.78, 5) is 11.2. The van der Waals surface area contributed by atoms with Crippen LogP contribution in [-0.2, 0) is 0 Å². The fraction of sp³-hybridized carbons (Fsp3) is 0.263. The van der Waals surface area contributed by atoms with E-state index in [2.05, 4.69) is 30.4 Å². The number of hydrogen-bond donors (Lipinski definition) is 1. The predicted molar refractivity (Wildman–Crippen MR) is 99.7 cm³/mol. The molecule has 5 rings (SSSR count). The SMILES string of the molecule is c1cnnc(-c2cc3c(c(N4CCNCC4)c2-c2cnccn2)OCO3)c1. The number of aromatic nitrogens is 4. The van der Waals surface area contributed by atoms with Crippen molar-refractivity contribution in [2.75, 3.05) is 37.9 Å². The summed E-state index contributed by atoms with van der Waals surface area (Å²) in [6, 6.07) is 5.77. The third-order valence-corrected chi connectivity index (χ3v) is 4.74. The van der Waals surface area contributed by atoms with Crippen LogP contribution in [0.4, 0.5) is 5.69 Å². The number of hydrogen-bond acceptors (Lipinski definition) is 8. The van der Waals surface area contributed by atoms with Gasteiger partial charge in [-0.15, -0.1) is 0 Å². The standard InChI is InChI=1S/C19H18N6O2/c1-2-14(24-23-3-1)13-10-16-19(27-12-26-16)18(25-8-6-20-7-9-25)17(13)15-11-21-4-5-22-15/h1-5,10-11,20H,6-9,12H2. The number of nitrogens with zero attached hydrogens (tertiary/aromatic N) is 5. The summed E-state index contributed by atoms with van der Waals surface area (Å²) in [5.41, 5.74) is 4.35. The van der Waals surface area contributed by atoms with Gasteiger partial charge in [0.05, 0.1) is 23.3 Å². The number of ether oxygens (including phenoxy) is 2. The van der Waals surface area contributed by atoms with Crippen molar-refractivity contribution in [2.45, 2.75) is 0 Å². The van der Waals surface area contributed by atoms with Gasteiger partial charge in [0, 0.05) is 55.9 Å². The van der Waals surface area contributed by atoms with Gasteiger partial charge in [0.25, 0.3) is 0 Å². The molecule has 0 saturated carbocycles. The molecular weight excluding hydrogens is 344 g/mol. The molecule has 2 aliphatic rings. The van der Waals surface area contributed by atoms with E-state index in [0.29, 0.717) is 0 Å². The van der Waals surface area contributed by atoms with Crippen LogP contribution in [0.2, 0.25) is 0 Å². The van der Waals surface area contributed by atoms with Crippen LogP contribution in [0.5, 0.6) is 11.5 Å². The highest BCUT2D eigenvalue weighted by molar-refractivity contribution is 5.95. The minimum Gasteiger partial charge on any atom is -0.453 e. The highest BCUT2D eigenvalue weighted by Crippen LogP contribution is 2.51. The molecule has 3 aromatic rings. The van der Waals surface area contributed by atoms with Crippen LogP contribution in [0.15, 0.2) is 43.0 Å². The van der Waals surface area contributed by atoms with E-state index >= 15 is 0 Å². The first-order chi connectivity index (χ1) is 13.4. The summed E-state index contributed by atoms with van der Waals surface area (Å²) in [5.74, 6) is 1.47. The first-order valence-electron chi connectivity index (χ1n) is 8.88. The molecule has 0 bridgehead atoms. The molecule has 1 saturated heterocycles. The summed E-state index contributed by atoms with van der Waals surface area (Å²) in [6.45, 7) is 3.76. The Labute approximate surface area is 156 Å². The molecule has 0 radical (unpaired) electrons. The van der Waals surface area contributed by atoms with Gasteiger partial charge >= 0.3 is 0 Å². The molecule has 2 aromatic heterocycles. The predicted octanol–water partition coefficient (Wildman–Crippen LogP) is 1.74. The molecule has 1 N–H and O–H groups in total. The zero-order valence-electron chi connectivity index (χ0n) is 14.6. The average molecular weight is 362 g/mol. The lowest BCUT2D eigenvalue weighted by Crippen LogP contribution is -2.43. The van der Waals surface area contributed by atoms with Gasteiger partial charge in [0.2, 0.25) is 6.79 Å². The van der Waals surface area contributed by atoms with Crippen LogP contribution < -0.4 is 19.7 Å². The summed E-state index contributed by atoms with van der Waals surface area (Å²) in [5, 5.41) is 11.8. The number of rotatable bonds is 3. The molecule has 4 heterocycles. The molecule has 0 spiro atoms. The minimum atomic E-state index is 0.207. The Hall–Kier alpha value is -3.26. The lowest BCUT2D eigenvalue weighted by atomic mass is 9.97. The van der Waals surface area contributed by atoms with Gasteiger partial charge in [-0.25, -0.2) is 0 Å². The minimum absolute atomic E-state index is 0.207. The highest BCUT2D eigenvalue weighted by Gasteiger charge is 2.30. The van der Waals surface area contributed by atoms with Crippen LogP contribution in [0, 0.1) is 0 Å². The van der Waals surface area contributed by atoms with Gasteiger partial charge in [-0.3, -0.25) is 9.97 Å². The van der Waals surface area contributed by atoms with Gasteiger partial charge in [0.1, 0.15) is 0 Å². The molecule has 8 heteroatoms. The van der Waals surface area contributed by atoms with Gasteiger partial charge < -0.3 is 19.7 Å². The van der Waals surface area contributed by atoms with Gasteiger partial charge in [-0.2, -0.15) is 10.2 Å². The molecule has 0 aliphatic carbocycles. The molecule has 1 aromatic carbocycles. The second kappa shape index (κ2) is 6.81. The monoisotopic (exact) mass is 362 g/mol. The van der Waals surface area contributed by atoms with Crippen molar-refractivity contribution >= 4 is 5.69 Å². The Kier molecular flexibility index (Phi) is 4.02. The number of benzene rings is 1. The van der Waals surface area contributed by atoms with Gasteiger partial charge in [-0.05, 0) is 18.2 Å². The van der Waals surface area contributed by atoms with Gasteiger partial charge in [-0.1, -0.05) is 0 Å². The molecule has 2 aliphatic heterocycles. The van der Waals surface area contributed by atoms with E-state index in [4.69, 9.17) is 9.47 Å². The molecule has 0 amide bonds. The zero-order valence-corrected chi connectivity index (χ0v) is 14.6. The number of anilines is 1. The number of piperazine rings is 1. The van der Waals surface area contributed by atoms with E-state index in [1.807, 2.05) is 18.2 Å². The third kappa shape index (κ3) is 2.83. The summed E-state index contributed by atoms with van der Waals surface area (Å²) in [7, 11) is 0. The third-order valence-electron chi connectivity index (χ3n) is 4.74. The van der Waals surface area contributed by atoms with E-state index in [-0.39, 0.29) is 6.79 Å². The Bertz CT molecular complexity index is 945. The quantitative estimate of drug-likeness (QED) is 0.754. The highest BCUT2D eigenvalue weighted by atomic mass is 16.7. The maximum Gasteiger partial charge on any atom is 0.231 e. The molecule has 136 valence electrons. The molecule has 0 unspecified atom stereocenters. The lowest BCUT2D eigenvalue weighted by molar-refractivity contribution is 0.174. The molecule has 0 atom stereocenters. The van der Waals surface area contributed by atoms with Crippen molar-refractivity contribution in [3.05, 3.63) is 43.0 Å². The van der Waals surface area contributed by atoms with E-state index in [1.54, 1.807) is 24.8 Å². The van der Waals surface area contributed by atoms with Crippen LogP contribution in [0.3, 0.4) is 0 Å². The fourth-order valence-corrected chi connectivity index (χ4v) is 3.55. The van der Waals surface area contributed by atoms with Crippen LogP contribution >= 0.6 is 0 Å². The summed E-state index contributed by atoms with van der Waals surface area (Å²) in [6.07, 6.45) is 6.80. The van der Waals surface area contributed by atoms with E-state index in [1.165, 1.54) is 0 Å². The fourth-order valence-electron chi connectivity index (χ4n) is 3.55. The Morgan fingerprint density at radius 1 is 1.04 bits per heavy atom. The van der Waals surface area contributed by atoms with Crippen molar-refractivity contribution in [3.63, 3.8) is 0 Å². The second-order valence-corrected chi connectivity index (χ2v) is 6.32. The zero-order chi connectivity index (χ0) is 18.1. The van der Waals surface area contributed by atoms with E-state index in [9.17, 15) is 0 Å². The van der Waals surface area contributed by atoms with Crippen molar-refractivity contribution in [1.82, 2.24) is 25.5 Å². The summed E-state index contributed by atoms with van der Waals surface area (Å²) >= 11 is 0. The van der Waals surface area contributed by atoms with Crippen molar-refractivity contribution < 1.29 is 9.47 Å². The van der Waals surface area contributed by atoms with Gasteiger partial charge in [0.15, 0.2) is 11.5 Å².